The van der Waals surface area contributed by atoms with Gasteiger partial charge in [0.05, 0.1) is 11.6 Å². The summed E-state index contributed by atoms with van der Waals surface area (Å²) < 4.78 is 21.6. The van der Waals surface area contributed by atoms with E-state index < -0.39 is 11.7 Å². The van der Waals surface area contributed by atoms with Crippen LogP contribution in [0.25, 0.3) is 0 Å². The fourth-order valence-corrected chi connectivity index (χ4v) is 3.28. The Bertz CT molecular complexity index is 1280. The van der Waals surface area contributed by atoms with Crippen molar-refractivity contribution in [3.8, 4) is 5.75 Å². The van der Waals surface area contributed by atoms with Gasteiger partial charge in [-0.25, -0.2) is 18.7 Å². The van der Waals surface area contributed by atoms with Gasteiger partial charge in [0.1, 0.15) is 22.9 Å². The van der Waals surface area contributed by atoms with E-state index in [1.165, 1.54) is 33.9 Å². The first-order valence-corrected chi connectivity index (χ1v) is 10.3. The Morgan fingerprint density at radius 1 is 1.06 bits per heavy atom. The van der Waals surface area contributed by atoms with Gasteiger partial charge in [0, 0.05) is 11.2 Å². The largest absolute Gasteiger partial charge is 0.470 e. The minimum absolute atomic E-state index is 0.0264. The molecule has 0 fully saturated rings. The third kappa shape index (κ3) is 5.18. The molecule has 0 aliphatic carbocycles. The van der Waals surface area contributed by atoms with Crippen molar-refractivity contribution in [1.29, 1.82) is 0 Å². The van der Waals surface area contributed by atoms with E-state index in [0.29, 0.717) is 21.4 Å². The molecule has 0 radical (unpaired) electrons. The zero-order valence-corrected chi connectivity index (χ0v) is 18.4. The predicted octanol–water partition coefficient (Wildman–Crippen LogP) is 4.91. The van der Waals surface area contributed by atoms with Crippen molar-refractivity contribution < 1.29 is 13.9 Å². The second-order valence-corrected chi connectivity index (χ2v) is 7.71. The molecular weight excluding hydrogens is 482 g/mol. The maximum Gasteiger partial charge on any atom is 0.278 e. The van der Waals surface area contributed by atoms with Gasteiger partial charge in [-0.05, 0) is 35.9 Å². The van der Waals surface area contributed by atoms with Crippen LogP contribution in [0.5, 0.6) is 5.75 Å². The summed E-state index contributed by atoms with van der Waals surface area (Å²) in [6.45, 7) is 0.290. The summed E-state index contributed by atoms with van der Waals surface area (Å²) in [7, 11) is 0. The van der Waals surface area contributed by atoms with E-state index in [9.17, 15) is 9.18 Å². The highest BCUT2D eigenvalue weighted by Crippen LogP contribution is 2.31. The molecule has 164 valence electrons. The summed E-state index contributed by atoms with van der Waals surface area (Å²) in [5, 5.41) is 11.8. The quantitative estimate of drug-likeness (QED) is 0.394. The average molecular weight is 496 g/mol. The predicted molar refractivity (Wildman–Crippen MR) is 118 cm³/mol. The Hall–Kier alpha value is -3.14. The molecular formula is C20H14Cl3FN6O2. The van der Waals surface area contributed by atoms with Gasteiger partial charge in [0.15, 0.2) is 12.4 Å². The zero-order valence-electron chi connectivity index (χ0n) is 16.2. The number of hydrogen-bond acceptors (Lipinski definition) is 5. The van der Waals surface area contributed by atoms with Crippen molar-refractivity contribution in [2.45, 2.75) is 13.3 Å². The molecule has 8 nitrogen and oxygen atoms in total. The van der Waals surface area contributed by atoms with Crippen LogP contribution in [0.15, 0.2) is 55.0 Å². The van der Waals surface area contributed by atoms with Crippen LogP contribution >= 0.6 is 34.8 Å². The van der Waals surface area contributed by atoms with Crippen LogP contribution in [0.1, 0.15) is 16.1 Å². The van der Waals surface area contributed by atoms with Crippen LogP contribution in [0.3, 0.4) is 0 Å². The molecule has 4 rings (SSSR count). The molecule has 0 saturated heterocycles. The number of hydrogen-bond donors (Lipinski definition) is 1. The monoisotopic (exact) mass is 494 g/mol. The first kappa shape index (κ1) is 22.1. The SMILES string of the molecule is O=C(Nc1ncn(Cc2ccc(F)cc2Cl)n1)c1ccn(COc2cccc(Cl)c2Cl)n1. The Balaban J connectivity index is 1.35. The van der Waals surface area contributed by atoms with Crippen molar-refractivity contribution in [3.63, 3.8) is 0 Å². The summed E-state index contributed by atoms with van der Waals surface area (Å²) in [6, 6.07) is 10.6. The van der Waals surface area contributed by atoms with E-state index in [1.807, 2.05) is 0 Å². The molecule has 0 aliphatic heterocycles. The molecule has 1 N–H and O–H groups in total. The first-order valence-electron chi connectivity index (χ1n) is 9.14. The van der Waals surface area contributed by atoms with Crippen molar-refractivity contribution in [3.05, 3.63) is 87.1 Å². The number of aromatic nitrogens is 5. The fraction of sp³-hybridized carbons (Fsp3) is 0.100. The molecule has 4 aromatic rings. The highest BCUT2D eigenvalue weighted by atomic mass is 35.5. The van der Waals surface area contributed by atoms with E-state index in [-0.39, 0.29) is 29.9 Å². The Kier molecular flexibility index (Phi) is 6.59. The Morgan fingerprint density at radius 3 is 2.72 bits per heavy atom. The molecule has 0 unspecified atom stereocenters. The van der Waals surface area contributed by atoms with Crippen LogP contribution < -0.4 is 10.1 Å². The highest BCUT2D eigenvalue weighted by Gasteiger charge is 2.14. The maximum absolute atomic E-state index is 13.2. The van der Waals surface area contributed by atoms with Crippen molar-refractivity contribution in [2.75, 3.05) is 5.32 Å². The summed E-state index contributed by atoms with van der Waals surface area (Å²) in [5.41, 5.74) is 0.804. The van der Waals surface area contributed by atoms with Crippen molar-refractivity contribution in [1.82, 2.24) is 24.5 Å². The molecule has 0 aliphatic rings. The second kappa shape index (κ2) is 9.56. The normalized spacial score (nSPS) is 10.9. The van der Waals surface area contributed by atoms with Gasteiger partial charge < -0.3 is 4.74 Å². The van der Waals surface area contributed by atoms with Gasteiger partial charge in [-0.15, -0.1) is 5.10 Å². The van der Waals surface area contributed by atoms with Gasteiger partial charge in [-0.3, -0.25) is 10.1 Å². The lowest BCUT2D eigenvalue weighted by Crippen LogP contribution is -2.15. The van der Waals surface area contributed by atoms with Crippen LogP contribution in [-0.2, 0) is 13.3 Å². The Morgan fingerprint density at radius 2 is 1.91 bits per heavy atom. The Labute approximate surface area is 196 Å². The summed E-state index contributed by atoms with van der Waals surface area (Å²) in [5.74, 6) is -0.436. The summed E-state index contributed by atoms with van der Waals surface area (Å²) >= 11 is 18.1. The van der Waals surface area contributed by atoms with Gasteiger partial charge >= 0.3 is 0 Å². The van der Waals surface area contributed by atoms with Gasteiger partial charge in [-0.2, -0.15) is 5.10 Å². The standard InChI is InChI=1S/C20H14Cl3FN6O2/c21-14-2-1-3-17(18(14)23)32-11-29-7-6-16(27-29)19(31)26-20-25-10-30(28-20)9-12-4-5-13(24)8-15(12)22/h1-8,10H,9,11H2,(H,26,28,31). The van der Waals surface area contributed by atoms with Crippen molar-refractivity contribution >= 4 is 46.7 Å². The smallest absolute Gasteiger partial charge is 0.278 e. The third-order valence-electron chi connectivity index (χ3n) is 4.25. The molecule has 32 heavy (non-hydrogen) atoms. The number of amides is 1. The molecule has 0 bridgehead atoms. The molecule has 2 heterocycles. The molecule has 12 heteroatoms. The van der Waals surface area contributed by atoms with E-state index >= 15 is 0 Å². The molecule has 0 saturated carbocycles. The molecule has 1 amide bonds. The van der Waals surface area contributed by atoms with E-state index in [0.717, 1.165) is 0 Å². The third-order valence-corrected chi connectivity index (χ3v) is 5.40. The minimum atomic E-state index is -0.498. The van der Waals surface area contributed by atoms with Crippen LogP contribution in [-0.4, -0.2) is 30.5 Å². The number of ether oxygens (including phenoxy) is 1. The van der Waals surface area contributed by atoms with Crippen LogP contribution in [0, 0.1) is 5.82 Å². The topological polar surface area (TPSA) is 86.9 Å². The summed E-state index contributed by atoms with van der Waals surface area (Å²) in [6.07, 6.45) is 3.01. The lowest BCUT2D eigenvalue weighted by atomic mass is 10.2. The fourth-order valence-electron chi connectivity index (χ4n) is 2.70. The zero-order chi connectivity index (χ0) is 22.7. The number of anilines is 1. The molecule has 0 spiro atoms. The number of nitrogens with zero attached hydrogens (tertiary/aromatic N) is 5. The number of carbonyl (C=O) groups excluding carboxylic acids is 1. The number of rotatable bonds is 7. The molecule has 0 atom stereocenters. The first-order chi connectivity index (χ1) is 15.4. The van der Waals surface area contributed by atoms with Crippen LogP contribution in [0.2, 0.25) is 15.1 Å². The number of carbonyl (C=O) groups is 1. The maximum atomic E-state index is 13.2. The lowest BCUT2D eigenvalue weighted by Gasteiger charge is -2.08. The number of benzene rings is 2. The van der Waals surface area contributed by atoms with E-state index in [1.54, 1.807) is 30.5 Å². The number of nitrogens with one attached hydrogen (secondary N) is 1. The molecule has 2 aromatic carbocycles. The summed E-state index contributed by atoms with van der Waals surface area (Å²) in [4.78, 5) is 16.5. The van der Waals surface area contributed by atoms with Gasteiger partial charge in [0.2, 0.25) is 5.95 Å². The average Bonchev–Trinajstić information content (AvgIpc) is 3.41. The molecule has 2 aromatic heterocycles. The van der Waals surface area contributed by atoms with Gasteiger partial charge in [-0.1, -0.05) is 46.9 Å². The second-order valence-electron chi connectivity index (χ2n) is 6.52. The van der Waals surface area contributed by atoms with Crippen molar-refractivity contribution in [2.24, 2.45) is 0 Å². The minimum Gasteiger partial charge on any atom is -0.470 e. The van der Waals surface area contributed by atoms with E-state index in [4.69, 9.17) is 39.5 Å². The number of halogens is 4. The highest BCUT2D eigenvalue weighted by molar-refractivity contribution is 6.42. The lowest BCUT2D eigenvalue weighted by molar-refractivity contribution is 0.101. The van der Waals surface area contributed by atoms with Gasteiger partial charge in [0.25, 0.3) is 5.91 Å². The van der Waals surface area contributed by atoms with E-state index in [2.05, 4.69) is 20.5 Å². The van der Waals surface area contributed by atoms with Crippen LogP contribution in [0.4, 0.5) is 10.3 Å².